The standard InChI is InChI=1S/C20H22ClN5OS2/c1-3-12-4-6-15-13(8-12)9-16(29-15)19-24-25-20(26(19)2)28-11-18(27)23-17-7-5-14(21)10-22-17/h5,7,9-10,12H,3-4,6,8,11H2,1-2H3,(H,22,23,27). The zero-order valence-corrected chi connectivity index (χ0v) is 18.7. The number of amides is 1. The predicted molar refractivity (Wildman–Crippen MR) is 119 cm³/mol. The summed E-state index contributed by atoms with van der Waals surface area (Å²) in [5.74, 6) is 2.22. The van der Waals surface area contributed by atoms with Crippen LogP contribution in [0.4, 0.5) is 5.82 Å². The van der Waals surface area contributed by atoms with E-state index in [0.717, 1.165) is 28.2 Å². The van der Waals surface area contributed by atoms with Crippen LogP contribution in [0.5, 0.6) is 0 Å². The van der Waals surface area contributed by atoms with Crippen LogP contribution >= 0.6 is 34.7 Å². The first-order valence-electron chi connectivity index (χ1n) is 9.59. The molecule has 1 N–H and O–H groups in total. The maximum Gasteiger partial charge on any atom is 0.236 e. The molecule has 0 aliphatic heterocycles. The first kappa shape index (κ1) is 20.4. The van der Waals surface area contributed by atoms with Gasteiger partial charge in [0.2, 0.25) is 5.91 Å². The molecule has 0 fully saturated rings. The largest absolute Gasteiger partial charge is 0.310 e. The van der Waals surface area contributed by atoms with E-state index in [-0.39, 0.29) is 11.7 Å². The molecular weight excluding hydrogens is 426 g/mol. The Bertz CT molecular complexity index is 1010. The highest BCUT2D eigenvalue weighted by Crippen LogP contribution is 2.38. The van der Waals surface area contributed by atoms with Gasteiger partial charge in [0.1, 0.15) is 5.82 Å². The zero-order chi connectivity index (χ0) is 20.4. The number of nitrogens with zero attached hydrogens (tertiary/aromatic N) is 4. The number of rotatable bonds is 6. The number of nitrogens with one attached hydrogen (secondary N) is 1. The Kier molecular flexibility index (Phi) is 6.22. The summed E-state index contributed by atoms with van der Waals surface area (Å²) in [4.78, 5) is 18.9. The highest BCUT2D eigenvalue weighted by atomic mass is 35.5. The number of anilines is 1. The summed E-state index contributed by atoms with van der Waals surface area (Å²) < 4.78 is 1.97. The predicted octanol–water partition coefficient (Wildman–Crippen LogP) is 4.84. The Hall–Kier alpha value is -1.90. The normalized spacial score (nSPS) is 15.9. The lowest BCUT2D eigenvalue weighted by Crippen LogP contribution is -2.15. The number of hydrogen-bond acceptors (Lipinski definition) is 6. The molecule has 1 aliphatic carbocycles. The Labute approximate surface area is 183 Å². The van der Waals surface area contributed by atoms with Crippen molar-refractivity contribution < 1.29 is 4.79 Å². The van der Waals surface area contributed by atoms with E-state index in [9.17, 15) is 4.79 Å². The number of hydrogen-bond donors (Lipinski definition) is 1. The number of aromatic nitrogens is 4. The summed E-state index contributed by atoms with van der Waals surface area (Å²) in [6.45, 7) is 2.27. The van der Waals surface area contributed by atoms with Gasteiger partial charge >= 0.3 is 0 Å². The average molecular weight is 448 g/mol. The molecule has 6 nitrogen and oxygen atoms in total. The second-order valence-corrected chi connectivity index (χ2v) is 9.66. The van der Waals surface area contributed by atoms with Crippen LogP contribution in [0.2, 0.25) is 5.02 Å². The molecule has 3 aromatic rings. The number of thioether (sulfide) groups is 1. The molecule has 0 saturated carbocycles. The molecule has 1 unspecified atom stereocenters. The molecule has 29 heavy (non-hydrogen) atoms. The van der Waals surface area contributed by atoms with E-state index in [1.165, 1.54) is 47.7 Å². The summed E-state index contributed by atoms with van der Waals surface area (Å²) in [6.07, 6.45) is 6.35. The maximum atomic E-state index is 12.2. The Balaban J connectivity index is 1.40. The molecule has 1 amide bonds. The molecule has 1 atom stereocenters. The van der Waals surface area contributed by atoms with Crippen LogP contribution in [0.3, 0.4) is 0 Å². The van der Waals surface area contributed by atoms with Crippen molar-refractivity contribution >= 4 is 46.4 Å². The zero-order valence-electron chi connectivity index (χ0n) is 16.3. The van der Waals surface area contributed by atoms with Gasteiger partial charge in [0.15, 0.2) is 11.0 Å². The van der Waals surface area contributed by atoms with Crippen molar-refractivity contribution in [2.45, 2.75) is 37.8 Å². The third-order valence-corrected chi connectivity index (χ3v) is 7.62. The van der Waals surface area contributed by atoms with Crippen molar-refractivity contribution in [2.75, 3.05) is 11.1 Å². The molecule has 9 heteroatoms. The Morgan fingerprint density at radius 2 is 2.28 bits per heavy atom. The van der Waals surface area contributed by atoms with Gasteiger partial charge in [-0.15, -0.1) is 21.5 Å². The molecule has 152 valence electrons. The molecule has 4 rings (SSSR count). The van der Waals surface area contributed by atoms with Gasteiger partial charge in [0.05, 0.1) is 15.7 Å². The van der Waals surface area contributed by atoms with Crippen molar-refractivity contribution in [2.24, 2.45) is 13.0 Å². The average Bonchev–Trinajstić information content (AvgIpc) is 3.30. The lowest BCUT2D eigenvalue weighted by molar-refractivity contribution is -0.113. The van der Waals surface area contributed by atoms with Crippen molar-refractivity contribution in [3.05, 3.63) is 39.9 Å². The molecule has 1 aliphatic rings. The minimum atomic E-state index is -0.147. The lowest BCUT2D eigenvalue weighted by atomic mass is 9.87. The van der Waals surface area contributed by atoms with Crippen LogP contribution in [-0.2, 0) is 24.7 Å². The molecule has 0 spiro atoms. The van der Waals surface area contributed by atoms with Crippen LogP contribution in [0.15, 0.2) is 29.6 Å². The Morgan fingerprint density at radius 1 is 1.41 bits per heavy atom. The molecule has 3 heterocycles. The fraction of sp³-hybridized carbons (Fsp3) is 0.400. The van der Waals surface area contributed by atoms with Crippen molar-refractivity contribution in [3.8, 4) is 10.7 Å². The smallest absolute Gasteiger partial charge is 0.236 e. The van der Waals surface area contributed by atoms with Gasteiger partial charge in [-0.2, -0.15) is 0 Å². The number of pyridine rings is 1. The minimum absolute atomic E-state index is 0.147. The summed E-state index contributed by atoms with van der Waals surface area (Å²) in [5.41, 5.74) is 1.47. The second-order valence-electron chi connectivity index (χ2n) is 7.14. The molecule has 0 saturated heterocycles. The van der Waals surface area contributed by atoms with E-state index in [2.05, 4.69) is 33.5 Å². The van der Waals surface area contributed by atoms with E-state index < -0.39 is 0 Å². The summed E-state index contributed by atoms with van der Waals surface area (Å²) in [7, 11) is 1.95. The third-order valence-electron chi connectivity index (χ3n) is 5.14. The fourth-order valence-electron chi connectivity index (χ4n) is 3.47. The van der Waals surface area contributed by atoms with Crippen LogP contribution in [-0.4, -0.2) is 31.4 Å². The van der Waals surface area contributed by atoms with Gasteiger partial charge in [-0.25, -0.2) is 4.98 Å². The number of carbonyl (C=O) groups excluding carboxylic acids is 1. The van der Waals surface area contributed by atoms with Gasteiger partial charge in [0, 0.05) is 18.1 Å². The van der Waals surface area contributed by atoms with E-state index in [1.807, 2.05) is 23.0 Å². The molecule has 0 radical (unpaired) electrons. The SMILES string of the molecule is CCC1CCc2sc(-c3nnc(SCC(=O)Nc4ccc(Cl)cn4)n3C)cc2C1. The van der Waals surface area contributed by atoms with E-state index in [4.69, 9.17) is 11.6 Å². The fourth-order valence-corrected chi connectivity index (χ4v) is 5.52. The van der Waals surface area contributed by atoms with Crippen LogP contribution in [0, 0.1) is 5.92 Å². The highest BCUT2D eigenvalue weighted by molar-refractivity contribution is 7.99. The van der Waals surface area contributed by atoms with E-state index in [0.29, 0.717) is 10.8 Å². The molecule has 3 aromatic heterocycles. The van der Waals surface area contributed by atoms with Gasteiger partial charge in [0.25, 0.3) is 0 Å². The summed E-state index contributed by atoms with van der Waals surface area (Å²) in [6, 6.07) is 5.64. The number of thiophene rings is 1. The molecule has 0 bridgehead atoms. The Morgan fingerprint density at radius 3 is 3.03 bits per heavy atom. The molecular formula is C20H22ClN5OS2. The number of halogens is 1. The van der Waals surface area contributed by atoms with E-state index in [1.54, 1.807) is 12.1 Å². The second kappa shape index (κ2) is 8.85. The van der Waals surface area contributed by atoms with Crippen LogP contribution in [0.1, 0.15) is 30.2 Å². The van der Waals surface area contributed by atoms with Crippen molar-refractivity contribution in [3.63, 3.8) is 0 Å². The monoisotopic (exact) mass is 447 g/mol. The van der Waals surface area contributed by atoms with Gasteiger partial charge in [-0.05, 0) is 48.9 Å². The lowest BCUT2D eigenvalue weighted by Gasteiger charge is -2.19. The van der Waals surface area contributed by atoms with Crippen molar-refractivity contribution in [1.82, 2.24) is 19.7 Å². The molecule has 0 aromatic carbocycles. The minimum Gasteiger partial charge on any atom is -0.310 e. The van der Waals surface area contributed by atoms with Gasteiger partial charge < -0.3 is 9.88 Å². The van der Waals surface area contributed by atoms with E-state index >= 15 is 0 Å². The quantitative estimate of drug-likeness (QED) is 0.547. The topological polar surface area (TPSA) is 72.7 Å². The van der Waals surface area contributed by atoms with Gasteiger partial charge in [-0.3, -0.25) is 4.79 Å². The number of carbonyl (C=O) groups is 1. The van der Waals surface area contributed by atoms with Crippen LogP contribution < -0.4 is 5.32 Å². The first-order valence-corrected chi connectivity index (χ1v) is 11.8. The number of aryl methyl sites for hydroxylation is 1. The van der Waals surface area contributed by atoms with Crippen LogP contribution in [0.25, 0.3) is 10.7 Å². The summed E-state index contributed by atoms with van der Waals surface area (Å²) in [5, 5.41) is 12.7. The maximum absolute atomic E-state index is 12.2. The number of fused-ring (bicyclic) bond motifs is 1. The highest BCUT2D eigenvalue weighted by Gasteiger charge is 2.22. The van der Waals surface area contributed by atoms with Gasteiger partial charge in [-0.1, -0.05) is 36.7 Å². The van der Waals surface area contributed by atoms with Crippen molar-refractivity contribution in [1.29, 1.82) is 0 Å². The first-order chi connectivity index (χ1) is 14.0. The summed E-state index contributed by atoms with van der Waals surface area (Å²) >= 11 is 9.00. The third kappa shape index (κ3) is 4.65.